The van der Waals surface area contributed by atoms with E-state index in [1.807, 2.05) is 6.92 Å². The van der Waals surface area contributed by atoms with Gasteiger partial charge in [-0.1, -0.05) is 20.8 Å². The number of amides is 1. The molecule has 0 fully saturated rings. The van der Waals surface area contributed by atoms with E-state index in [2.05, 4.69) is 39.2 Å². The van der Waals surface area contributed by atoms with Crippen molar-refractivity contribution in [3.8, 4) is 0 Å². The Morgan fingerprint density at radius 2 is 2.21 bits per heavy atom. The van der Waals surface area contributed by atoms with Crippen LogP contribution < -0.4 is 10.6 Å². The number of hydrogen-bond acceptors (Lipinski definition) is 4. The lowest BCUT2D eigenvalue weighted by Gasteiger charge is -2.22. The SMILES string of the molecule is CCC(=O)N[C@@H](c1nnc2n1CCNCC2)C(C)C. The zero-order valence-corrected chi connectivity index (χ0v) is 11.9. The highest BCUT2D eigenvalue weighted by atomic mass is 16.1. The highest BCUT2D eigenvalue weighted by Gasteiger charge is 2.25. The summed E-state index contributed by atoms with van der Waals surface area (Å²) in [6, 6.07) is -0.0631. The molecule has 2 heterocycles. The molecule has 0 saturated carbocycles. The largest absolute Gasteiger partial charge is 0.346 e. The van der Waals surface area contributed by atoms with Crippen molar-refractivity contribution in [3.63, 3.8) is 0 Å². The van der Waals surface area contributed by atoms with Gasteiger partial charge in [-0.05, 0) is 5.92 Å². The molecule has 1 amide bonds. The highest BCUT2D eigenvalue weighted by Crippen LogP contribution is 2.21. The first-order valence-electron chi connectivity index (χ1n) is 7.05. The van der Waals surface area contributed by atoms with Gasteiger partial charge in [-0.3, -0.25) is 4.79 Å². The molecule has 1 aromatic rings. The van der Waals surface area contributed by atoms with Gasteiger partial charge in [-0.25, -0.2) is 0 Å². The fourth-order valence-electron chi connectivity index (χ4n) is 2.33. The van der Waals surface area contributed by atoms with Gasteiger partial charge in [0.05, 0.1) is 6.04 Å². The van der Waals surface area contributed by atoms with Crippen molar-refractivity contribution in [3.05, 3.63) is 11.6 Å². The van der Waals surface area contributed by atoms with E-state index in [4.69, 9.17) is 0 Å². The van der Waals surface area contributed by atoms with E-state index in [1.54, 1.807) is 0 Å². The number of carbonyl (C=O) groups excluding carboxylic acids is 1. The molecule has 1 aliphatic heterocycles. The standard InChI is InChI=1S/C13H23N5O/c1-4-11(19)15-12(9(2)3)13-17-16-10-5-6-14-7-8-18(10)13/h9,12,14H,4-8H2,1-3H3,(H,15,19)/t12-/m1/s1. The predicted molar refractivity (Wildman–Crippen MR) is 72.6 cm³/mol. The molecule has 0 radical (unpaired) electrons. The Kier molecular flexibility index (Phi) is 4.52. The summed E-state index contributed by atoms with van der Waals surface area (Å²) < 4.78 is 2.15. The minimum Gasteiger partial charge on any atom is -0.346 e. The van der Waals surface area contributed by atoms with Crippen LogP contribution in [-0.4, -0.2) is 33.8 Å². The van der Waals surface area contributed by atoms with Crippen LogP contribution in [0, 0.1) is 5.92 Å². The molecule has 6 nitrogen and oxygen atoms in total. The number of nitrogens with zero attached hydrogens (tertiary/aromatic N) is 3. The molecule has 2 N–H and O–H groups in total. The fourth-order valence-corrected chi connectivity index (χ4v) is 2.33. The Balaban J connectivity index is 2.26. The van der Waals surface area contributed by atoms with E-state index >= 15 is 0 Å². The summed E-state index contributed by atoms with van der Waals surface area (Å²) in [5.74, 6) is 2.25. The number of rotatable bonds is 4. The lowest BCUT2D eigenvalue weighted by Crippen LogP contribution is -2.33. The molecule has 1 atom stereocenters. The summed E-state index contributed by atoms with van der Waals surface area (Å²) in [6.45, 7) is 8.77. The minimum atomic E-state index is -0.0631. The van der Waals surface area contributed by atoms with Crippen LogP contribution in [0.3, 0.4) is 0 Å². The summed E-state index contributed by atoms with van der Waals surface area (Å²) in [4.78, 5) is 11.7. The lowest BCUT2D eigenvalue weighted by atomic mass is 10.0. The van der Waals surface area contributed by atoms with Gasteiger partial charge >= 0.3 is 0 Å². The lowest BCUT2D eigenvalue weighted by molar-refractivity contribution is -0.121. The average molecular weight is 265 g/mol. The van der Waals surface area contributed by atoms with E-state index in [9.17, 15) is 4.79 Å². The maximum Gasteiger partial charge on any atom is 0.220 e. The Morgan fingerprint density at radius 3 is 2.89 bits per heavy atom. The van der Waals surface area contributed by atoms with Crippen molar-refractivity contribution < 1.29 is 4.79 Å². The zero-order chi connectivity index (χ0) is 13.8. The summed E-state index contributed by atoms with van der Waals surface area (Å²) in [6.07, 6.45) is 1.38. The molecule has 2 rings (SSSR count). The molecule has 0 aliphatic carbocycles. The van der Waals surface area contributed by atoms with Gasteiger partial charge in [-0.15, -0.1) is 10.2 Å². The molecule has 0 aromatic carbocycles. The molecule has 0 saturated heterocycles. The van der Waals surface area contributed by atoms with Crippen LogP contribution in [0.25, 0.3) is 0 Å². The van der Waals surface area contributed by atoms with Crippen molar-refractivity contribution in [1.82, 2.24) is 25.4 Å². The maximum atomic E-state index is 11.7. The van der Waals surface area contributed by atoms with Crippen molar-refractivity contribution in [2.45, 2.75) is 46.2 Å². The van der Waals surface area contributed by atoms with Crippen LogP contribution >= 0.6 is 0 Å². The Labute approximate surface area is 114 Å². The molecule has 19 heavy (non-hydrogen) atoms. The third kappa shape index (κ3) is 3.12. The molecule has 0 spiro atoms. The molecular formula is C13H23N5O. The number of aromatic nitrogens is 3. The number of fused-ring (bicyclic) bond motifs is 1. The molecule has 1 aromatic heterocycles. The normalized spacial score (nSPS) is 16.8. The molecule has 0 unspecified atom stereocenters. The zero-order valence-electron chi connectivity index (χ0n) is 11.9. The second-order valence-electron chi connectivity index (χ2n) is 5.27. The maximum absolute atomic E-state index is 11.7. The highest BCUT2D eigenvalue weighted by molar-refractivity contribution is 5.75. The van der Waals surface area contributed by atoms with Crippen molar-refractivity contribution in [2.75, 3.05) is 13.1 Å². The molecule has 106 valence electrons. The van der Waals surface area contributed by atoms with Gasteiger partial charge in [0, 0.05) is 32.5 Å². The molecule has 1 aliphatic rings. The molecule has 0 bridgehead atoms. The van der Waals surface area contributed by atoms with E-state index in [0.29, 0.717) is 12.3 Å². The van der Waals surface area contributed by atoms with Crippen LogP contribution in [0.2, 0.25) is 0 Å². The first-order valence-corrected chi connectivity index (χ1v) is 7.05. The quantitative estimate of drug-likeness (QED) is 0.838. The van der Waals surface area contributed by atoms with Crippen molar-refractivity contribution >= 4 is 5.91 Å². The van der Waals surface area contributed by atoms with Crippen molar-refractivity contribution in [1.29, 1.82) is 0 Å². The van der Waals surface area contributed by atoms with Crippen LogP contribution in [0.5, 0.6) is 0 Å². The third-order valence-electron chi connectivity index (χ3n) is 3.48. The summed E-state index contributed by atoms with van der Waals surface area (Å²) in [5.41, 5.74) is 0. The van der Waals surface area contributed by atoms with Crippen LogP contribution in [0.15, 0.2) is 0 Å². The second-order valence-corrected chi connectivity index (χ2v) is 5.27. The Bertz CT molecular complexity index is 440. The smallest absolute Gasteiger partial charge is 0.220 e. The monoisotopic (exact) mass is 265 g/mol. The molecule has 6 heteroatoms. The van der Waals surface area contributed by atoms with Gasteiger partial charge in [0.15, 0.2) is 5.82 Å². The number of nitrogens with one attached hydrogen (secondary N) is 2. The van der Waals surface area contributed by atoms with Gasteiger partial charge < -0.3 is 15.2 Å². The number of carbonyl (C=O) groups is 1. The van der Waals surface area contributed by atoms with Crippen LogP contribution in [0.4, 0.5) is 0 Å². The molecular weight excluding hydrogens is 242 g/mol. The summed E-state index contributed by atoms with van der Waals surface area (Å²) in [5, 5.41) is 15.0. The van der Waals surface area contributed by atoms with E-state index < -0.39 is 0 Å². The van der Waals surface area contributed by atoms with Gasteiger partial charge in [0.25, 0.3) is 0 Å². The topological polar surface area (TPSA) is 71.8 Å². The van der Waals surface area contributed by atoms with Gasteiger partial charge in [0.2, 0.25) is 5.91 Å². The van der Waals surface area contributed by atoms with E-state index in [-0.39, 0.29) is 11.9 Å². The Hall–Kier alpha value is -1.43. The van der Waals surface area contributed by atoms with Gasteiger partial charge in [-0.2, -0.15) is 0 Å². The first-order chi connectivity index (χ1) is 9.13. The van der Waals surface area contributed by atoms with Crippen LogP contribution in [0.1, 0.15) is 44.9 Å². The minimum absolute atomic E-state index is 0.0581. The predicted octanol–water partition coefficient (Wildman–Crippen LogP) is 0.647. The fraction of sp³-hybridized carbons (Fsp3) is 0.769. The Morgan fingerprint density at radius 1 is 1.42 bits per heavy atom. The third-order valence-corrected chi connectivity index (χ3v) is 3.48. The first kappa shape index (κ1) is 14.0. The number of hydrogen-bond donors (Lipinski definition) is 2. The van der Waals surface area contributed by atoms with E-state index in [0.717, 1.165) is 37.7 Å². The van der Waals surface area contributed by atoms with Crippen molar-refractivity contribution in [2.24, 2.45) is 5.92 Å². The summed E-state index contributed by atoms with van der Waals surface area (Å²) in [7, 11) is 0. The van der Waals surface area contributed by atoms with Crippen LogP contribution in [-0.2, 0) is 17.8 Å². The van der Waals surface area contributed by atoms with Gasteiger partial charge in [0.1, 0.15) is 5.82 Å². The second kappa shape index (κ2) is 6.14. The summed E-state index contributed by atoms with van der Waals surface area (Å²) >= 11 is 0. The average Bonchev–Trinajstić information content (AvgIpc) is 2.64. The van der Waals surface area contributed by atoms with E-state index in [1.165, 1.54) is 0 Å².